The summed E-state index contributed by atoms with van der Waals surface area (Å²) in [6, 6.07) is 12.1. The summed E-state index contributed by atoms with van der Waals surface area (Å²) in [6.45, 7) is 2.73. The number of carbonyl (C=O) groups is 6. The second-order valence-corrected chi connectivity index (χ2v) is 12.1. The number of benzene rings is 2. The highest BCUT2D eigenvalue weighted by molar-refractivity contribution is 5.96. The molecular weight excluding hydrogens is 658 g/mol. The molecule has 0 aliphatic heterocycles. The van der Waals surface area contributed by atoms with Gasteiger partial charge in [0.25, 0.3) is 0 Å². The predicted octanol–water partition coefficient (Wildman–Crippen LogP) is -1.85. The Morgan fingerprint density at radius 3 is 1.76 bits per heavy atom. The van der Waals surface area contributed by atoms with Crippen molar-refractivity contribution in [1.29, 1.82) is 0 Å². The van der Waals surface area contributed by atoms with Crippen LogP contribution in [-0.4, -0.2) is 96.8 Å². The minimum Gasteiger partial charge on any atom is -0.394 e. The Hall–Kier alpha value is -5.35. The van der Waals surface area contributed by atoms with Gasteiger partial charge in [0, 0.05) is 19.4 Å². The molecule has 5 amide bonds. The Labute approximate surface area is 297 Å². The lowest BCUT2D eigenvalue weighted by atomic mass is 9.96. The van der Waals surface area contributed by atoms with Crippen LogP contribution in [0.5, 0.6) is 0 Å². The van der Waals surface area contributed by atoms with Crippen LogP contribution < -0.4 is 43.8 Å². The number of amides is 5. The smallest absolute Gasteiger partial charge is 0.243 e. The lowest BCUT2D eigenvalue weighted by Crippen LogP contribution is -2.60. The highest BCUT2D eigenvalue weighted by atomic mass is 16.3. The van der Waals surface area contributed by atoms with Crippen LogP contribution in [0, 0.1) is 5.92 Å². The largest absolute Gasteiger partial charge is 0.394 e. The molecule has 0 fully saturated rings. The average molecular weight is 710 g/mol. The highest BCUT2D eigenvalue weighted by Crippen LogP contribution is 2.12. The molecule has 278 valence electrons. The molecule has 6 unspecified atom stereocenters. The van der Waals surface area contributed by atoms with E-state index in [2.05, 4.69) is 31.6 Å². The third-order valence-electron chi connectivity index (χ3n) is 8.10. The molecule has 12 N–H and O–H groups in total. The number of aliphatic hydroxyl groups excluding tert-OH is 1. The summed E-state index contributed by atoms with van der Waals surface area (Å²) in [5, 5.41) is 22.6. The van der Waals surface area contributed by atoms with Gasteiger partial charge in [-0.05, 0) is 29.9 Å². The zero-order valence-corrected chi connectivity index (χ0v) is 29.0. The van der Waals surface area contributed by atoms with Crippen molar-refractivity contribution >= 4 is 41.8 Å². The fraction of sp³-hybridized carbons (Fsp3) is 0.457. The molecule has 0 aliphatic carbocycles. The van der Waals surface area contributed by atoms with E-state index in [0.29, 0.717) is 18.3 Å². The van der Waals surface area contributed by atoms with Crippen molar-refractivity contribution in [2.75, 3.05) is 19.7 Å². The zero-order valence-electron chi connectivity index (χ0n) is 29.0. The fourth-order valence-electron chi connectivity index (χ4n) is 5.04. The van der Waals surface area contributed by atoms with Gasteiger partial charge in [0.15, 0.2) is 5.96 Å². The molecule has 0 aliphatic rings. The average Bonchev–Trinajstić information content (AvgIpc) is 3.13. The third-order valence-corrected chi connectivity index (χ3v) is 8.10. The van der Waals surface area contributed by atoms with Gasteiger partial charge in [-0.2, -0.15) is 0 Å². The zero-order chi connectivity index (χ0) is 37.8. The van der Waals surface area contributed by atoms with Crippen LogP contribution in [0.2, 0.25) is 0 Å². The molecule has 6 atom stereocenters. The monoisotopic (exact) mass is 709 g/mol. The number of nitrogens with one attached hydrogen (secondary N) is 5. The fourth-order valence-corrected chi connectivity index (χ4v) is 5.04. The van der Waals surface area contributed by atoms with Crippen LogP contribution in [0.15, 0.2) is 65.7 Å². The standard InChI is InChI=1S/C35H51N9O7/c1-3-22(2)30(34(51)43-28(18-24-13-8-5-9-14-24)32(49)40-25(20-45)21-46)44-31(48)26(15-10-16-39-35(37)38)42-33(50)27(41-29(47)19-36)17-23-11-6-4-7-12-23/h4-9,11-14,20,22,25-28,30,46H,3,10,15-19,21,36H2,1-2H3,(H,40,49)(H,41,47)(H,42,50)(H,43,51)(H,44,48)(H4,37,38,39). The van der Waals surface area contributed by atoms with Gasteiger partial charge in [-0.25, -0.2) is 0 Å². The first kappa shape index (κ1) is 41.8. The number of aliphatic imine (C=N–C) groups is 1. The number of aldehydes is 1. The maximum Gasteiger partial charge on any atom is 0.243 e. The molecule has 0 spiro atoms. The van der Waals surface area contributed by atoms with Crippen LogP contribution in [0.4, 0.5) is 0 Å². The minimum absolute atomic E-state index is 0.0530. The summed E-state index contributed by atoms with van der Waals surface area (Å²) >= 11 is 0. The molecule has 0 radical (unpaired) electrons. The number of rotatable bonds is 22. The Morgan fingerprint density at radius 2 is 1.27 bits per heavy atom. The Bertz CT molecular complexity index is 1460. The maximum absolute atomic E-state index is 13.9. The third kappa shape index (κ3) is 15.0. The van der Waals surface area contributed by atoms with Crippen molar-refractivity contribution in [2.24, 2.45) is 28.1 Å². The van der Waals surface area contributed by atoms with Gasteiger partial charge in [0.1, 0.15) is 36.5 Å². The van der Waals surface area contributed by atoms with Crippen LogP contribution in [0.3, 0.4) is 0 Å². The molecule has 51 heavy (non-hydrogen) atoms. The Balaban J connectivity index is 2.35. The maximum atomic E-state index is 13.9. The van der Waals surface area contributed by atoms with Crippen molar-refractivity contribution in [3.63, 3.8) is 0 Å². The summed E-state index contributed by atoms with van der Waals surface area (Å²) < 4.78 is 0. The van der Waals surface area contributed by atoms with Gasteiger partial charge >= 0.3 is 0 Å². The van der Waals surface area contributed by atoms with Gasteiger partial charge in [-0.1, -0.05) is 80.9 Å². The van der Waals surface area contributed by atoms with Crippen molar-refractivity contribution in [1.82, 2.24) is 26.6 Å². The van der Waals surface area contributed by atoms with Gasteiger partial charge < -0.3 is 53.7 Å². The quantitative estimate of drug-likeness (QED) is 0.0285. The van der Waals surface area contributed by atoms with Gasteiger partial charge in [-0.3, -0.25) is 29.0 Å². The number of nitrogens with two attached hydrogens (primary N) is 3. The lowest BCUT2D eigenvalue weighted by Gasteiger charge is -2.29. The topological polar surface area (TPSA) is 273 Å². The molecule has 0 aromatic heterocycles. The summed E-state index contributed by atoms with van der Waals surface area (Å²) in [6.07, 6.45) is 1.35. The van der Waals surface area contributed by atoms with E-state index in [1.807, 2.05) is 13.0 Å². The van der Waals surface area contributed by atoms with Crippen LogP contribution in [-0.2, 0) is 41.6 Å². The summed E-state index contributed by atoms with van der Waals surface area (Å²) in [5.41, 5.74) is 17.9. The first-order valence-electron chi connectivity index (χ1n) is 16.8. The molecule has 2 aromatic rings. The van der Waals surface area contributed by atoms with E-state index >= 15 is 0 Å². The van der Waals surface area contributed by atoms with E-state index in [4.69, 9.17) is 17.2 Å². The Morgan fingerprint density at radius 1 is 0.765 bits per heavy atom. The molecule has 0 bridgehead atoms. The molecule has 0 saturated carbocycles. The van der Waals surface area contributed by atoms with Gasteiger partial charge in [0.05, 0.1) is 13.2 Å². The molecule has 2 rings (SSSR count). The molecule has 16 heteroatoms. The van der Waals surface area contributed by atoms with E-state index in [0.717, 1.165) is 5.56 Å². The summed E-state index contributed by atoms with van der Waals surface area (Å²) in [5.74, 6) is -3.87. The first-order chi connectivity index (χ1) is 24.4. The summed E-state index contributed by atoms with van der Waals surface area (Å²) in [7, 11) is 0. The number of hydrogen-bond donors (Lipinski definition) is 9. The highest BCUT2D eigenvalue weighted by Gasteiger charge is 2.34. The predicted molar refractivity (Wildman–Crippen MR) is 192 cm³/mol. The molecule has 16 nitrogen and oxygen atoms in total. The summed E-state index contributed by atoms with van der Waals surface area (Å²) in [4.78, 5) is 82.1. The van der Waals surface area contributed by atoms with Crippen molar-refractivity contribution < 1.29 is 33.9 Å². The second kappa shape index (κ2) is 22.4. The Kier molecular flexibility index (Phi) is 18.4. The van der Waals surface area contributed by atoms with Crippen molar-refractivity contribution in [3.05, 3.63) is 71.8 Å². The van der Waals surface area contributed by atoms with Crippen LogP contribution >= 0.6 is 0 Å². The molecule has 2 aromatic carbocycles. The van der Waals surface area contributed by atoms with E-state index < -0.39 is 72.3 Å². The van der Waals surface area contributed by atoms with E-state index in [1.54, 1.807) is 61.5 Å². The minimum atomic E-state index is -1.18. The lowest BCUT2D eigenvalue weighted by molar-refractivity contribution is -0.135. The normalized spacial score (nSPS) is 14.3. The van der Waals surface area contributed by atoms with E-state index in [9.17, 15) is 33.9 Å². The SMILES string of the molecule is CCC(C)C(NC(=O)C(CCCN=C(N)N)NC(=O)C(Cc1ccccc1)NC(=O)CN)C(=O)NC(Cc1ccccc1)C(=O)NC(C=O)CO. The number of guanidine groups is 1. The second-order valence-electron chi connectivity index (χ2n) is 12.1. The number of nitrogens with zero attached hydrogens (tertiary/aromatic N) is 1. The number of hydrogen-bond acceptors (Lipinski definition) is 9. The molecule has 0 saturated heterocycles. The van der Waals surface area contributed by atoms with E-state index in [1.165, 1.54) is 0 Å². The molecular formula is C35H51N9O7. The van der Waals surface area contributed by atoms with Crippen molar-refractivity contribution in [2.45, 2.75) is 76.2 Å². The van der Waals surface area contributed by atoms with Gasteiger partial charge in [-0.15, -0.1) is 0 Å². The number of aliphatic hydroxyl groups is 1. The number of carbonyl (C=O) groups excluding carboxylic acids is 6. The molecule has 0 heterocycles. The van der Waals surface area contributed by atoms with Crippen molar-refractivity contribution in [3.8, 4) is 0 Å². The van der Waals surface area contributed by atoms with Gasteiger partial charge in [0.2, 0.25) is 29.5 Å². The first-order valence-corrected chi connectivity index (χ1v) is 16.8. The van der Waals surface area contributed by atoms with Crippen LogP contribution in [0.1, 0.15) is 44.2 Å². The van der Waals surface area contributed by atoms with E-state index in [-0.39, 0.29) is 44.7 Å². The van der Waals surface area contributed by atoms with Crippen LogP contribution in [0.25, 0.3) is 0 Å².